The molecule has 1 heterocycles. The third-order valence-electron chi connectivity index (χ3n) is 4.97. The van der Waals surface area contributed by atoms with Gasteiger partial charge in [0, 0.05) is 14.1 Å². The van der Waals surface area contributed by atoms with E-state index in [9.17, 15) is 30.0 Å². The Hall–Kier alpha value is -2.04. The lowest BCUT2D eigenvalue weighted by atomic mass is 9.70. The average molecular weight is 382 g/mol. The molecule has 1 aromatic rings. The number of carbonyl (C=O) groups excluding carboxylic acids is 2. The number of amides is 2. The number of carbonyl (C=O) groups is 2. The molecule has 6 N–H and O–H groups in total. The molecule has 2 rings (SSSR count). The van der Waals surface area contributed by atoms with Crippen LogP contribution in [0.4, 0.5) is 0 Å². The van der Waals surface area contributed by atoms with Gasteiger partial charge in [-0.1, -0.05) is 30.3 Å². The van der Waals surface area contributed by atoms with Crippen molar-refractivity contribution in [2.45, 2.75) is 36.9 Å². The van der Waals surface area contributed by atoms with Crippen LogP contribution in [0.15, 0.2) is 30.3 Å². The number of ether oxygens (including phenoxy) is 1. The Morgan fingerprint density at radius 3 is 2.04 bits per heavy atom. The van der Waals surface area contributed by atoms with Crippen LogP contribution in [0, 0.1) is 5.41 Å². The van der Waals surface area contributed by atoms with Crippen LogP contribution in [0.3, 0.4) is 0 Å². The van der Waals surface area contributed by atoms with E-state index in [1.807, 2.05) is 0 Å². The first-order valence-electron chi connectivity index (χ1n) is 8.62. The third-order valence-corrected chi connectivity index (χ3v) is 4.97. The first-order chi connectivity index (χ1) is 12.8. The van der Waals surface area contributed by atoms with E-state index < -0.39 is 54.4 Å². The summed E-state index contributed by atoms with van der Waals surface area (Å²) in [7, 11) is 2.68. The molecule has 150 valence electrons. The van der Waals surface area contributed by atoms with Crippen molar-refractivity contribution in [1.82, 2.24) is 10.6 Å². The van der Waals surface area contributed by atoms with Gasteiger partial charge in [0.25, 0.3) is 0 Å². The van der Waals surface area contributed by atoms with E-state index in [-0.39, 0.29) is 6.42 Å². The molecule has 0 spiro atoms. The highest BCUT2D eigenvalue weighted by atomic mass is 16.5. The van der Waals surface area contributed by atoms with E-state index in [0.717, 1.165) is 0 Å². The summed E-state index contributed by atoms with van der Waals surface area (Å²) < 4.78 is 5.58. The lowest BCUT2D eigenvalue weighted by Crippen LogP contribution is -2.69. The van der Waals surface area contributed by atoms with Crippen LogP contribution in [-0.2, 0) is 20.7 Å². The molecule has 0 aliphatic carbocycles. The van der Waals surface area contributed by atoms with Gasteiger partial charge in [-0.15, -0.1) is 0 Å². The topological polar surface area (TPSA) is 148 Å². The van der Waals surface area contributed by atoms with Gasteiger partial charge in [-0.25, -0.2) is 0 Å². The fourth-order valence-corrected chi connectivity index (χ4v) is 3.50. The number of rotatable bonds is 6. The normalized spacial score (nSPS) is 28.4. The molecule has 1 aromatic carbocycles. The van der Waals surface area contributed by atoms with Crippen molar-refractivity contribution in [2.24, 2.45) is 5.41 Å². The molecule has 27 heavy (non-hydrogen) atoms. The summed E-state index contributed by atoms with van der Waals surface area (Å²) in [5.41, 5.74) is -1.32. The van der Waals surface area contributed by atoms with Crippen LogP contribution >= 0.6 is 0 Å². The highest BCUT2D eigenvalue weighted by molar-refractivity contribution is 6.06. The van der Waals surface area contributed by atoms with Crippen molar-refractivity contribution in [3.05, 3.63) is 35.9 Å². The monoisotopic (exact) mass is 382 g/mol. The Labute approximate surface area is 157 Å². The Balaban J connectivity index is 2.59. The molecule has 1 saturated heterocycles. The van der Waals surface area contributed by atoms with Gasteiger partial charge in [-0.2, -0.15) is 0 Å². The molecule has 0 aromatic heterocycles. The summed E-state index contributed by atoms with van der Waals surface area (Å²) >= 11 is 0. The maximum Gasteiger partial charge on any atom is 0.238 e. The Morgan fingerprint density at radius 2 is 1.56 bits per heavy atom. The number of hydrogen-bond donors (Lipinski definition) is 6. The van der Waals surface area contributed by atoms with Gasteiger partial charge in [0.1, 0.15) is 30.5 Å². The van der Waals surface area contributed by atoms with Gasteiger partial charge in [0.15, 0.2) is 5.41 Å². The highest BCUT2D eigenvalue weighted by Crippen LogP contribution is 2.37. The summed E-state index contributed by atoms with van der Waals surface area (Å²) in [6.07, 6.45) is -7.90. The number of nitrogens with one attached hydrogen (secondary N) is 2. The highest BCUT2D eigenvalue weighted by Gasteiger charge is 2.60. The van der Waals surface area contributed by atoms with E-state index in [4.69, 9.17) is 4.74 Å². The first-order valence-corrected chi connectivity index (χ1v) is 8.62. The molecule has 0 bridgehead atoms. The van der Waals surface area contributed by atoms with Crippen molar-refractivity contribution >= 4 is 11.8 Å². The Morgan fingerprint density at radius 1 is 1.00 bits per heavy atom. The zero-order valence-electron chi connectivity index (χ0n) is 15.2. The van der Waals surface area contributed by atoms with E-state index in [2.05, 4.69) is 10.6 Å². The molecule has 9 heteroatoms. The molecule has 2 amide bonds. The smallest absolute Gasteiger partial charge is 0.238 e. The molecular weight excluding hydrogens is 356 g/mol. The molecule has 9 nitrogen and oxygen atoms in total. The molecule has 0 saturated carbocycles. The second kappa shape index (κ2) is 8.77. The standard InChI is InChI=1S/C18H26N2O7/c1-19-16(25)18(17(26)20-2,8-10-6-4-3-5-7-10)15-14(24)13(23)12(22)11(9-21)27-15/h3-7,11-15,21-24H,8-9H2,1-2H3,(H,19,25)(H,20,26)/t11-,12-,13+,14+,15-/m1/s1. The number of benzene rings is 1. The third kappa shape index (κ3) is 3.83. The molecule has 1 fully saturated rings. The predicted octanol–water partition coefficient (Wildman–Crippen LogP) is -2.45. The van der Waals surface area contributed by atoms with E-state index in [1.54, 1.807) is 30.3 Å². The van der Waals surface area contributed by atoms with Crippen LogP contribution < -0.4 is 10.6 Å². The van der Waals surface area contributed by atoms with Crippen molar-refractivity contribution < 1.29 is 34.8 Å². The lowest BCUT2D eigenvalue weighted by molar-refractivity contribution is -0.252. The minimum atomic E-state index is -1.95. The van der Waals surface area contributed by atoms with Crippen LogP contribution in [0.2, 0.25) is 0 Å². The quantitative estimate of drug-likeness (QED) is 0.299. The fourth-order valence-electron chi connectivity index (χ4n) is 3.50. The first kappa shape index (κ1) is 21.3. The summed E-state index contributed by atoms with van der Waals surface area (Å²) in [5.74, 6) is -1.45. The average Bonchev–Trinajstić information content (AvgIpc) is 2.70. The van der Waals surface area contributed by atoms with Gasteiger partial charge in [-0.3, -0.25) is 9.59 Å². The van der Waals surface area contributed by atoms with Crippen LogP contribution in [0.5, 0.6) is 0 Å². The molecule has 5 atom stereocenters. The summed E-state index contributed by atoms with van der Waals surface area (Å²) in [4.78, 5) is 25.8. The summed E-state index contributed by atoms with van der Waals surface area (Å²) in [6, 6.07) is 8.68. The van der Waals surface area contributed by atoms with Crippen molar-refractivity contribution in [1.29, 1.82) is 0 Å². The van der Waals surface area contributed by atoms with Crippen LogP contribution in [0.25, 0.3) is 0 Å². The van der Waals surface area contributed by atoms with Crippen LogP contribution in [0.1, 0.15) is 5.56 Å². The fraction of sp³-hybridized carbons (Fsp3) is 0.556. The van der Waals surface area contributed by atoms with Crippen molar-refractivity contribution in [3.8, 4) is 0 Å². The predicted molar refractivity (Wildman–Crippen MR) is 94.5 cm³/mol. The van der Waals surface area contributed by atoms with Gasteiger partial charge in [0.2, 0.25) is 11.8 Å². The molecule has 0 unspecified atom stereocenters. The Kier molecular flexibility index (Phi) is 6.90. The lowest BCUT2D eigenvalue weighted by Gasteiger charge is -2.47. The molecule has 1 aliphatic heterocycles. The number of aliphatic hydroxyl groups excluding tert-OH is 4. The Bertz CT molecular complexity index is 636. The maximum atomic E-state index is 12.9. The van der Waals surface area contributed by atoms with E-state index in [1.165, 1.54) is 14.1 Å². The maximum absolute atomic E-state index is 12.9. The summed E-state index contributed by atoms with van der Waals surface area (Å²) in [6.45, 7) is -0.662. The van der Waals surface area contributed by atoms with Gasteiger partial charge < -0.3 is 35.8 Å². The van der Waals surface area contributed by atoms with Crippen molar-refractivity contribution in [2.75, 3.05) is 20.7 Å². The zero-order chi connectivity index (χ0) is 20.2. The van der Waals surface area contributed by atoms with Crippen LogP contribution in [-0.4, -0.2) is 83.5 Å². The largest absolute Gasteiger partial charge is 0.394 e. The molecular formula is C18H26N2O7. The van der Waals surface area contributed by atoms with E-state index in [0.29, 0.717) is 5.56 Å². The van der Waals surface area contributed by atoms with Gasteiger partial charge >= 0.3 is 0 Å². The molecule has 0 radical (unpaired) electrons. The number of hydrogen-bond acceptors (Lipinski definition) is 7. The molecule has 1 aliphatic rings. The number of aliphatic hydroxyl groups is 4. The zero-order valence-corrected chi connectivity index (χ0v) is 15.2. The second-order valence-corrected chi connectivity index (χ2v) is 6.54. The van der Waals surface area contributed by atoms with E-state index >= 15 is 0 Å². The minimum absolute atomic E-state index is 0.129. The van der Waals surface area contributed by atoms with Gasteiger partial charge in [-0.05, 0) is 12.0 Å². The van der Waals surface area contributed by atoms with Gasteiger partial charge in [0.05, 0.1) is 6.61 Å². The second-order valence-electron chi connectivity index (χ2n) is 6.54. The SMILES string of the molecule is CNC(=O)C(Cc1ccccc1)(C(=O)NC)[C@@H]1O[C@H](CO)[C@@H](O)[C@H](O)[C@@H]1O. The minimum Gasteiger partial charge on any atom is -0.394 e. The van der Waals surface area contributed by atoms with Crippen molar-refractivity contribution in [3.63, 3.8) is 0 Å². The summed E-state index contributed by atoms with van der Waals surface area (Å²) in [5, 5.41) is 45.0.